The summed E-state index contributed by atoms with van der Waals surface area (Å²) in [5, 5.41) is 13.7. The van der Waals surface area contributed by atoms with Gasteiger partial charge in [-0.3, -0.25) is 4.79 Å². The fourth-order valence-corrected chi connectivity index (χ4v) is 6.13. The molecule has 0 aliphatic heterocycles. The molecule has 2 aliphatic rings. The number of aliphatic hydroxyl groups is 1. The molecule has 1 N–H and O–H groups in total. The van der Waals surface area contributed by atoms with Crippen LogP contribution in [-0.2, 0) is 9.53 Å². The summed E-state index contributed by atoms with van der Waals surface area (Å²) in [4.78, 5) is 13.7. The molecular formula is C22H30O3S. The van der Waals surface area contributed by atoms with E-state index in [0.29, 0.717) is 0 Å². The molecule has 4 atom stereocenters. The summed E-state index contributed by atoms with van der Waals surface area (Å²) in [6, 6.07) is 10.2. The third kappa shape index (κ3) is 3.22. The second kappa shape index (κ2) is 7.40. The van der Waals surface area contributed by atoms with E-state index < -0.39 is 11.0 Å². The van der Waals surface area contributed by atoms with Crippen LogP contribution in [0.5, 0.6) is 0 Å². The lowest BCUT2D eigenvalue weighted by molar-refractivity contribution is -0.187. The largest absolute Gasteiger partial charge is 0.469 e. The van der Waals surface area contributed by atoms with Gasteiger partial charge in [-0.05, 0) is 68.6 Å². The molecule has 2 aliphatic carbocycles. The van der Waals surface area contributed by atoms with Crippen LogP contribution in [0.25, 0.3) is 0 Å². The van der Waals surface area contributed by atoms with E-state index in [-0.39, 0.29) is 17.3 Å². The first-order valence-electron chi connectivity index (χ1n) is 9.56. The number of hydrogen-bond acceptors (Lipinski definition) is 4. The molecule has 0 radical (unpaired) electrons. The first-order chi connectivity index (χ1) is 12.4. The number of carbonyl (C=O) groups excluding carboxylic acids is 1. The summed E-state index contributed by atoms with van der Waals surface area (Å²) >= 11 is 1.63. The Labute approximate surface area is 161 Å². The van der Waals surface area contributed by atoms with Crippen molar-refractivity contribution in [2.45, 2.75) is 62.9 Å². The molecule has 1 unspecified atom stereocenters. The number of benzene rings is 1. The number of thioether (sulfide) groups is 1. The van der Waals surface area contributed by atoms with Gasteiger partial charge in [0.15, 0.2) is 0 Å². The Balaban J connectivity index is 1.86. The fourth-order valence-electron chi connectivity index (χ4n) is 5.37. The third-order valence-corrected chi connectivity index (χ3v) is 7.73. The van der Waals surface area contributed by atoms with Crippen LogP contribution in [0.15, 0.2) is 46.7 Å². The second-order valence-electron chi connectivity index (χ2n) is 8.28. The van der Waals surface area contributed by atoms with Crippen molar-refractivity contribution in [3.05, 3.63) is 41.8 Å². The number of methoxy groups -OCH3 is 1. The Hall–Kier alpha value is -1.26. The van der Waals surface area contributed by atoms with Crippen LogP contribution < -0.4 is 0 Å². The molecule has 1 aromatic rings. The van der Waals surface area contributed by atoms with Crippen LogP contribution in [-0.4, -0.2) is 23.8 Å². The van der Waals surface area contributed by atoms with Crippen molar-refractivity contribution in [1.82, 2.24) is 0 Å². The second-order valence-corrected chi connectivity index (χ2v) is 9.26. The monoisotopic (exact) mass is 374 g/mol. The predicted octanol–water partition coefficient (Wildman–Crippen LogP) is 5.19. The maximum absolute atomic E-state index is 12.6. The number of ether oxygens (including phenoxy) is 1. The van der Waals surface area contributed by atoms with E-state index in [4.69, 9.17) is 4.74 Å². The minimum absolute atomic E-state index is 0.125. The molecule has 142 valence electrons. The number of carbonyl (C=O) groups is 1. The zero-order valence-corrected chi connectivity index (χ0v) is 16.8. The first-order valence-corrected chi connectivity index (χ1v) is 10.4. The average Bonchev–Trinajstić information content (AvgIpc) is 2.63. The van der Waals surface area contributed by atoms with Crippen molar-refractivity contribution in [3.8, 4) is 0 Å². The van der Waals surface area contributed by atoms with E-state index in [1.54, 1.807) is 11.8 Å². The van der Waals surface area contributed by atoms with Crippen LogP contribution in [0.1, 0.15) is 52.4 Å². The minimum Gasteiger partial charge on any atom is -0.469 e. The number of fused-ring (bicyclic) bond motifs is 1. The molecule has 2 fully saturated rings. The quantitative estimate of drug-likeness (QED) is 0.582. The third-order valence-electron chi connectivity index (χ3n) is 6.91. The van der Waals surface area contributed by atoms with Crippen molar-refractivity contribution in [2.75, 3.05) is 7.11 Å². The molecule has 0 saturated heterocycles. The van der Waals surface area contributed by atoms with Gasteiger partial charge in [0, 0.05) is 10.3 Å². The summed E-state index contributed by atoms with van der Waals surface area (Å²) in [5.41, 5.74) is -1.69. The van der Waals surface area contributed by atoms with Crippen LogP contribution in [0, 0.1) is 16.7 Å². The van der Waals surface area contributed by atoms with Gasteiger partial charge < -0.3 is 9.84 Å². The van der Waals surface area contributed by atoms with Gasteiger partial charge in [0.05, 0.1) is 18.1 Å². The lowest BCUT2D eigenvalue weighted by atomic mass is 9.46. The lowest BCUT2D eigenvalue weighted by Gasteiger charge is -2.59. The van der Waals surface area contributed by atoms with Gasteiger partial charge in [0.1, 0.15) is 0 Å². The number of hydrogen-bond donors (Lipinski definition) is 1. The van der Waals surface area contributed by atoms with E-state index >= 15 is 0 Å². The molecule has 0 amide bonds. The van der Waals surface area contributed by atoms with Crippen molar-refractivity contribution in [3.63, 3.8) is 0 Å². The SMILES string of the molecule is COC(=O)[C@]1(C)CCC[C@]2(C)[C@@H]1CCCC2(O)C=CSc1ccccc1. The van der Waals surface area contributed by atoms with Gasteiger partial charge in [-0.2, -0.15) is 0 Å². The Morgan fingerprint density at radius 2 is 1.92 bits per heavy atom. The van der Waals surface area contributed by atoms with Gasteiger partial charge in [0.25, 0.3) is 0 Å². The summed E-state index contributed by atoms with van der Waals surface area (Å²) in [6.07, 6.45) is 7.39. The summed E-state index contributed by atoms with van der Waals surface area (Å²) in [5.74, 6) is 0.0154. The first kappa shape index (κ1) is 19.5. The van der Waals surface area contributed by atoms with E-state index in [0.717, 1.165) is 43.4 Å². The van der Waals surface area contributed by atoms with Crippen LogP contribution in [0.3, 0.4) is 0 Å². The summed E-state index contributed by atoms with van der Waals surface area (Å²) < 4.78 is 5.15. The Morgan fingerprint density at radius 3 is 2.62 bits per heavy atom. The molecule has 4 heteroatoms. The van der Waals surface area contributed by atoms with Gasteiger partial charge in [0.2, 0.25) is 0 Å². The highest BCUT2D eigenvalue weighted by molar-refractivity contribution is 8.02. The standard InChI is InChI=1S/C22H30O3S/c1-20(19(23)25-3)12-8-13-21(2)18(20)11-7-14-22(21,24)15-16-26-17-9-5-4-6-10-17/h4-6,9-10,15-16,18,24H,7-8,11-14H2,1-3H3/t18-,20-,21-,22?/m1/s1. The molecule has 3 nitrogen and oxygen atoms in total. The average molecular weight is 375 g/mol. The van der Waals surface area contributed by atoms with Crippen molar-refractivity contribution in [2.24, 2.45) is 16.7 Å². The van der Waals surface area contributed by atoms with Gasteiger partial charge in [-0.25, -0.2) is 0 Å². The van der Waals surface area contributed by atoms with Crippen molar-refractivity contribution in [1.29, 1.82) is 0 Å². The van der Waals surface area contributed by atoms with Crippen LogP contribution >= 0.6 is 11.8 Å². The predicted molar refractivity (Wildman–Crippen MR) is 106 cm³/mol. The molecule has 0 heterocycles. The van der Waals surface area contributed by atoms with E-state index in [9.17, 15) is 9.90 Å². The van der Waals surface area contributed by atoms with Crippen molar-refractivity contribution >= 4 is 17.7 Å². The molecule has 2 saturated carbocycles. The molecule has 26 heavy (non-hydrogen) atoms. The van der Waals surface area contributed by atoms with Gasteiger partial charge in [-0.15, -0.1) is 0 Å². The molecular weight excluding hydrogens is 344 g/mol. The van der Waals surface area contributed by atoms with Crippen molar-refractivity contribution < 1.29 is 14.6 Å². The highest BCUT2D eigenvalue weighted by Gasteiger charge is 2.61. The van der Waals surface area contributed by atoms with Crippen LogP contribution in [0.2, 0.25) is 0 Å². The highest BCUT2D eigenvalue weighted by Crippen LogP contribution is 2.62. The molecule has 1 aromatic carbocycles. The molecule has 0 spiro atoms. The summed E-state index contributed by atoms with van der Waals surface area (Å²) in [6.45, 7) is 4.21. The van der Waals surface area contributed by atoms with Gasteiger partial charge >= 0.3 is 5.97 Å². The topological polar surface area (TPSA) is 46.5 Å². The Kier molecular flexibility index (Phi) is 5.55. The van der Waals surface area contributed by atoms with E-state index in [1.807, 2.05) is 36.6 Å². The van der Waals surface area contributed by atoms with Crippen LogP contribution in [0.4, 0.5) is 0 Å². The maximum Gasteiger partial charge on any atom is 0.311 e. The summed E-state index contributed by atoms with van der Waals surface area (Å²) in [7, 11) is 1.48. The molecule has 3 rings (SSSR count). The Bertz CT molecular complexity index is 673. The number of rotatable bonds is 4. The highest BCUT2D eigenvalue weighted by atomic mass is 32.2. The normalized spacial score (nSPS) is 37.3. The molecule has 0 aromatic heterocycles. The maximum atomic E-state index is 12.6. The zero-order chi connectivity index (χ0) is 18.8. The Morgan fingerprint density at radius 1 is 1.19 bits per heavy atom. The molecule has 0 bridgehead atoms. The smallest absolute Gasteiger partial charge is 0.311 e. The number of esters is 1. The van der Waals surface area contributed by atoms with E-state index in [2.05, 4.69) is 19.1 Å². The lowest BCUT2D eigenvalue weighted by Crippen LogP contribution is -2.60. The fraction of sp³-hybridized carbons (Fsp3) is 0.591. The minimum atomic E-state index is -0.882. The zero-order valence-electron chi connectivity index (χ0n) is 16.0. The van der Waals surface area contributed by atoms with Gasteiger partial charge in [-0.1, -0.05) is 43.3 Å². The van der Waals surface area contributed by atoms with E-state index in [1.165, 1.54) is 7.11 Å².